The Morgan fingerprint density at radius 2 is 1.72 bits per heavy atom. The lowest BCUT2D eigenvalue weighted by atomic mass is 9.91. The number of aromatic nitrogens is 1. The third kappa shape index (κ3) is 8.52. The number of carbonyl (C=O) groups is 3. The van der Waals surface area contributed by atoms with Gasteiger partial charge in [0.1, 0.15) is 22.7 Å². The van der Waals surface area contributed by atoms with Crippen LogP contribution in [0.4, 0.5) is 5.69 Å². The molecule has 1 aliphatic rings. The number of Topliss-reactive ketones (excluding diaryl/α,β-unsaturated/α-hetero) is 1. The van der Waals surface area contributed by atoms with Crippen molar-refractivity contribution in [3.63, 3.8) is 0 Å². The first-order chi connectivity index (χ1) is 23.7. The second-order valence-electron chi connectivity index (χ2n) is 12.8. The molecule has 50 heavy (non-hydrogen) atoms. The van der Waals surface area contributed by atoms with Crippen molar-refractivity contribution in [2.75, 3.05) is 25.0 Å². The molecule has 1 fully saturated rings. The molecule has 0 radical (unpaired) electrons. The lowest BCUT2D eigenvalue weighted by Gasteiger charge is -2.26. The minimum atomic E-state index is -3.79. The van der Waals surface area contributed by atoms with Gasteiger partial charge in [0.05, 0.1) is 32.3 Å². The quantitative estimate of drug-likeness (QED) is 0.223. The summed E-state index contributed by atoms with van der Waals surface area (Å²) >= 11 is 7.39. The Labute approximate surface area is 298 Å². The van der Waals surface area contributed by atoms with E-state index in [1.165, 1.54) is 39.2 Å². The molecule has 0 saturated carbocycles. The first kappa shape index (κ1) is 37.0. The zero-order valence-corrected chi connectivity index (χ0v) is 30.5. The van der Waals surface area contributed by atoms with E-state index in [4.69, 9.17) is 20.8 Å². The number of hydrogen-bond donors (Lipinski definition) is 1. The fourth-order valence-electron chi connectivity index (χ4n) is 5.17. The number of thiazole rings is 1. The Morgan fingerprint density at radius 3 is 2.38 bits per heavy atom. The molecule has 4 aromatic rings. The summed E-state index contributed by atoms with van der Waals surface area (Å²) in [6.07, 6.45) is 5.38. The first-order valence-corrected chi connectivity index (χ1v) is 18.8. The van der Waals surface area contributed by atoms with Crippen LogP contribution in [0, 0.1) is 5.41 Å². The third-order valence-electron chi connectivity index (χ3n) is 7.98. The van der Waals surface area contributed by atoms with Crippen LogP contribution in [-0.2, 0) is 30.9 Å². The zero-order valence-electron chi connectivity index (χ0n) is 28.2. The van der Waals surface area contributed by atoms with Crippen LogP contribution < -0.4 is 20.1 Å². The molecule has 11 nitrogen and oxygen atoms in total. The summed E-state index contributed by atoms with van der Waals surface area (Å²) in [7, 11) is -3.79. The van der Waals surface area contributed by atoms with E-state index in [1.807, 2.05) is 0 Å². The summed E-state index contributed by atoms with van der Waals surface area (Å²) in [5.74, 6) is -0.458. The molecule has 0 atom stereocenters. The van der Waals surface area contributed by atoms with Gasteiger partial charge in [-0.05, 0) is 62.2 Å². The van der Waals surface area contributed by atoms with Gasteiger partial charge in [-0.1, -0.05) is 50.9 Å². The number of esters is 1. The molecular weight excluding hydrogens is 702 g/mol. The molecule has 264 valence electrons. The Bertz CT molecular complexity index is 2210. The summed E-state index contributed by atoms with van der Waals surface area (Å²) in [5, 5.41) is 2.77. The van der Waals surface area contributed by atoms with Crippen molar-refractivity contribution in [2.45, 2.75) is 58.4 Å². The van der Waals surface area contributed by atoms with E-state index in [9.17, 15) is 27.6 Å². The fraction of sp³-hybridized carbons (Fsp3) is 0.333. The molecule has 14 heteroatoms. The lowest BCUT2D eigenvalue weighted by Crippen LogP contribution is -2.36. The zero-order chi connectivity index (χ0) is 36.2. The minimum absolute atomic E-state index is 0.00115. The van der Waals surface area contributed by atoms with Gasteiger partial charge >= 0.3 is 5.97 Å². The lowest BCUT2D eigenvalue weighted by molar-refractivity contribution is -0.120. The monoisotopic (exact) mass is 739 g/mol. The normalized spacial score (nSPS) is 14.9. The van der Waals surface area contributed by atoms with Crippen LogP contribution >= 0.6 is 22.9 Å². The topological polar surface area (TPSA) is 145 Å². The minimum Gasteiger partial charge on any atom is -0.462 e. The maximum Gasteiger partial charge on any atom is 0.338 e. The van der Waals surface area contributed by atoms with E-state index >= 15 is 0 Å². The predicted molar refractivity (Wildman–Crippen MR) is 193 cm³/mol. The van der Waals surface area contributed by atoms with Crippen molar-refractivity contribution >= 4 is 68.5 Å². The summed E-state index contributed by atoms with van der Waals surface area (Å²) in [6, 6.07) is 14.2. The molecular formula is C36H38ClN3O8S2. The van der Waals surface area contributed by atoms with Crippen LogP contribution in [0.5, 0.6) is 0 Å². The van der Waals surface area contributed by atoms with Gasteiger partial charge in [0, 0.05) is 36.2 Å². The van der Waals surface area contributed by atoms with Crippen molar-refractivity contribution in [1.29, 1.82) is 0 Å². The number of hydrogen-bond acceptors (Lipinski definition) is 9. The van der Waals surface area contributed by atoms with Crippen LogP contribution in [0.15, 0.2) is 68.7 Å². The SMILES string of the molecule is CCOC(=O)c1ccc(-c2ccc(C=c3sc(=CC(=O)C(C)(C)C)n(CC(=O)Nc4cc(S(=O)(=O)N5CCCCC5)ccc4Cl)c3=O)o2)cc1. The highest BCUT2D eigenvalue weighted by atomic mass is 35.5. The molecule has 1 amide bonds. The maximum absolute atomic E-state index is 13.7. The van der Waals surface area contributed by atoms with Crippen molar-refractivity contribution in [3.8, 4) is 11.3 Å². The largest absolute Gasteiger partial charge is 0.462 e. The van der Waals surface area contributed by atoms with Gasteiger partial charge in [-0.15, -0.1) is 11.3 Å². The number of piperidine rings is 1. The number of benzene rings is 2. The van der Waals surface area contributed by atoms with Gasteiger partial charge in [-0.2, -0.15) is 4.31 Å². The summed E-state index contributed by atoms with van der Waals surface area (Å²) < 4.78 is 40.6. The molecule has 0 aliphatic carbocycles. The average molecular weight is 740 g/mol. The maximum atomic E-state index is 13.7. The van der Waals surface area contributed by atoms with Crippen molar-refractivity contribution in [1.82, 2.24) is 8.87 Å². The molecule has 5 rings (SSSR count). The van der Waals surface area contributed by atoms with E-state index < -0.39 is 39.4 Å². The van der Waals surface area contributed by atoms with Crippen LogP contribution in [0.1, 0.15) is 63.1 Å². The standard InChI is InChI=1S/C36H38ClN3O8S2/c1-5-47-35(44)24-11-9-23(10-12-24)29-16-13-25(48-29)19-30-34(43)40(33(49-30)21-31(41)36(2,3)4)22-32(42)38-28-20-26(14-15-27(28)37)50(45,46)39-17-7-6-8-18-39/h9-16,19-21H,5-8,17-18,22H2,1-4H3,(H,38,42). The number of nitrogens with one attached hydrogen (secondary N) is 1. The van der Waals surface area contributed by atoms with E-state index in [-0.39, 0.29) is 37.2 Å². The third-order valence-corrected chi connectivity index (χ3v) is 11.3. The van der Waals surface area contributed by atoms with Crippen LogP contribution in [0.2, 0.25) is 5.02 Å². The summed E-state index contributed by atoms with van der Waals surface area (Å²) in [6.45, 7) is 7.62. The number of furan rings is 1. The average Bonchev–Trinajstić information content (AvgIpc) is 3.66. The second kappa shape index (κ2) is 15.3. The number of sulfonamides is 1. The summed E-state index contributed by atoms with van der Waals surface area (Å²) in [5.41, 5.74) is -0.0805. The fourth-order valence-corrected chi connectivity index (χ4v) is 7.90. The van der Waals surface area contributed by atoms with Gasteiger partial charge < -0.3 is 14.5 Å². The van der Waals surface area contributed by atoms with E-state index in [0.717, 1.165) is 30.6 Å². The van der Waals surface area contributed by atoms with Gasteiger partial charge in [-0.25, -0.2) is 13.2 Å². The van der Waals surface area contributed by atoms with Gasteiger partial charge in [0.25, 0.3) is 5.56 Å². The first-order valence-electron chi connectivity index (χ1n) is 16.1. The molecule has 1 saturated heterocycles. The smallest absolute Gasteiger partial charge is 0.338 e. The van der Waals surface area contributed by atoms with Gasteiger partial charge in [-0.3, -0.25) is 19.0 Å². The van der Waals surface area contributed by atoms with Crippen LogP contribution in [0.25, 0.3) is 23.5 Å². The molecule has 3 heterocycles. The van der Waals surface area contributed by atoms with E-state index in [1.54, 1.807) is 64.1 Å². The molecule has 0 bridgehead atoms. The Hall–Kier alpha value is -4.30. The molecule has 2 aromatic carbocycles. The Balaban J connectivity index is 1.44. The number of amides is 1. The summed E-state index contributed by atoms with van der Waals surface area (Å²) in [4.78, 5) is 52.1. The van der Waals surface area contributed by atoms with Gasteiger partial charge in [0.2, 0.25) is 15.9 Å². The Morgan fingerprint density at radius 1 is 1.02 bits per heavy atom. The number of ketones is 1. The van der Waals surface area contributed by atoms with Crippen molar-refractivity contribution < 1.29 is 32.0 Å². The number of halogens is 1. The number of anilines is 1. The molecule has 1 aliphatic heterocycles. The second-order valence-corrected chi connectivity index (χ2v) is 16.2. The van der Waals surface area contributed by atoms with E-state index in [0.29, 0.717) is 35.7 Å². The number of carbonyl (C=O) groups excluding carboxylic acids is 3. The molecule has 1 N–H and O–H groups in total. The number of rotatable bonds is 10. The van der Waals surface area contributed by atoms with Crippen molar-refractivity contribution in [2.24, 2.45) is 5.41 Å². The molecule has 0 spiro atoms. The van der Waals surface area contributed by atoms with E-state index in [2.05, 4.69) is 5.32 Å². The number of nitrogens with zero attached hydrogens (tertiary/aromatic N) is 2. The highest BCUT2D eigenvalue weighted by molar-refractivity contribution is 7.89. The number of ether oxygens (including phenoxy) is 1. The highest BCUT2D eigenvalue weighted by Crippen LogP contribution is 2.28. The molecule has 0 unspecified atom stereocenters. The molecule has 2 aromatic heterocycles. The highest BCUT2D eigenvalue weighted by Gasteiger charge is 2.27. The Kier molecular flexibility index (Phi) is 11.3. The predicted octanol–water partition coefficient (Wildman–Crippen LogP) is 5.04. The van der Waals surface area contributed by atoms with Crippen LogP contribution in [-0.4, -0.2) is 54.6 Å². The van der Waals surface area contributed by atoms with Gasteiger partial charge in [0.15, 0.2) is 5.78 Å². The van der Waals surface area contributed by atoms with Crippen LogP contribution in [0.3, 0.4) is 0 Å². The van der Waals surface area contributed by atoms with Crippen molar-refractivity contribution in [3.05, 3.63) is 90.5 Å².